The molecule has 1 aromatic heterocycles. The topological polar surface area (TPSA) is 27.1 Å². The molecule has 0 aliphatic carbocycles. The maximum absolute atomic E-state index is 5.16. The number of ether oxygens (including phenoxy) is 1. The van der Waals surface area contributed by atoms with E-state index in [1.54, 1.807) is 7.11 Å². The van der Waals surface area contributed by atoms with Gasteiger partial charge < -0.3 is 4.74 Å². The van der Waals surface area contributed by atoms with E-state index in [0.717, 1.165) is 17.8 Å². The summed E-state index contributed by atoms with van der Waals surface area (Å²) in [5.74, 6) is 0.878. The molecule has 0 fully saturated rings. The standard InChI is InChI=1S/C15H13IN2O/c1-19-14-5-2-11(3-6-14)10-18-15-7-4-13(16)8-12(15)9-17-18/h2-9H,10H2,1H3. The highest BCUT2D eigenvalue weighted by molar-refractivity contribution is 14.1. The largest absolute Gasteiger partial charge is 0.497 e. The van der Waals surface area contributed by atoms with Gasteiger partial charge in [0, 0.05) is 8.96 Å². The molecule has 0 bridgehead atoms. The van der Waals surface area contributed by atoms with Crippen molar-refractivity contribution in [3.63, 3.8) is 0 Å². The number of fused-ring (bicyclic) bond motifs is 1. The number of nitrogens with zero attached hydrogens (tertiary/aromatic N) is 2. The van der Waals surface area contributed by atoms with Gasteiger partial charge in [-0.2, -0.15) is 5.10 Å². The smallest absolute Gasteiger partial charge is 0.118 e. The van der Waals surface area contributed by atoms with Crippen LogP contribution in [0.1, 0.15) is 5.56 Å². The van der Waals surface area contributed by atoms with Crippen molar-refractivity contribution in [2.75, 3.05) is 7.11 Å². The van der Waals surface area contributed by atoms with Crippen LogP contribution >= 0.6 is 22.6 Å². The molecule has 0 saturated heterocycles. The van der Waals surface area contributed by atoms with Crippen LogP contribution in [0.5, 0.6) is 5.75 Å². The van der Waals surface area contributed by atoms with E-state index in [-0.39, 0.29) is 0 Å². The Kier molecular flexibility index (Phi) is 3.42. The molecular weight excluding hydrogens is 351 g/mol. The van der Waals surface area contributed by atoms with Gasteiger partial charge >= 0.3 is 0 Å². The molecule has 3 nitrogen and oxygen atoms in total. The molecule has 19 heavy (non-hydrogen) atoms. The second-order valence-electron chi connectivity index (χ2n) is 4.35. The van der Waals surface area contributed by atoms with E-state index in [2.05, 4.69) is 58.0 Å². The Bertz CT molecular complexity index is 704. The van der Waals surface area contributed by atoms with Crippen LogP contribution in [0.4, 0.5) is 0 Å². The maximum atomic E-state index is 5.16. The van der Waals surface area contributed by atoms with Crippen molar-refractivity contribution < 1.29 is 4.74 Å². The molecule has 3 aromatic rings. The summed E-state index contributed by atoms with van der Waals surface area (Å²) in [6, 6.07) is 14.5. The lowest BCUT2D eigenvalue weighted by atomic mass is 10.2. The summed E-state index contributed by atoms with van der Waals surface area (Å²) in [6.07, 6.45) is 1.92. The van der Waals surface area contributed by atoms with Crippen molar-refractivity contribution in [2.24, 2.45) is 0 Å². The van der Waals surface area contributed by atoms with Crippen LogP contribution in [-0.4, -0.2) is 16.9 Å². The first kappa shape index (κ1) is 12.5. The summed E-state index contributed by atoms with van der Waals surface area (Å²) in [7, 11) is 1.68. The highest BCUT2D eigenvalue weighted by Gasteiger charge is 2.04. The summed E-state index contributed by atoms with van der Waals surface area (Å²) in [4.78, 5) is 0. The van der Waals surface area contributed by atoms with Crippen molar-refractivity contribution in [3.8, 4) is 5.75 Å². The van der Waals surface area contributed by atoms with E-state index < -0.39 is 0 Å². The lowest BCUT2D eigenvalue weighted by Gasteiger charge is -2.05. The van der Waals surface area contributed by atoms with E-state index in [1.165, 1.54) is 14.5 Å². The van der Waals surface area contributed by atoms with E-state index in [9.17, 15) is 0 Å². The Hall–Kier alpha value is -1.56. The highest BCUT2D eigenvalue weighted by Crippen LogP contribution is 2.19. The Morgan fingerprint density at radius 2 is 1.95 bits per heavy atom. The fraction of sp³-hybridized carbons (Fsp3) is 0.133. The molecule has 0 unspecified atom stereocenters. The van der Waals surface area contributed by atoms with Crippen LogP contribution < -0.4 is 4.74 Å². The van der Waals surface area contributed by atoms with Gasteiger partial charge in [0.15, 0.2) is 0 Å². The average molecular weight is 364 g/mol. The second-order valence-corrected chi connectivity index (χ2v) is 5.60. The fourth-order valence-electron chi connectivity index (χ4n) is 2.09. The first-order valence-corrected chi connectivity index (χ1v) is 7.08. The third-order valence-electron chi connectivity index (χ3n) is 3.10. The Labute approximate surface area is 125 Å². The maximum Gasteiger partial charge on any atom is 0.118 e. The molecular formula is C15H13IN2O. The van der Waals surface area contributed by atoms with E-state index in [0.29, 0.717) is 0 Å². The molecule has 96 valence electrons. The molecule has 0 radical (unpaired) electrons. The van der Waals surface area contributed by atoms with Crippen molar-refractivity contribution in [1.82, 2.24) is 9.78 Å². The molecule has 2 aromatic carbocycles. The molecule has 0 N–H and O–H groups in total. The fourth-order valence-corrected chi connectivity index (χ4v) is 2.60. The summed E-state index contributed by atoms with van der Waals surface area (Å²) < 4.78 is 8.42. The van der Waals surface area contributed by atoms with E-state index in [4.69, 9.17) is 4.74 Å². The SMILES string of the molecule is COc1ccc(Cn2ncc3cc(I)ccc32)cc1. The van der Waals surface area contributed by atoms with Gasteiger partial charge in [-0.15, -0.1) is 0 Å². The van der Waals surface area contributed by atoms with Gasteiger partial charge in [0.05, 0.1) is 25.4 Å². The summed E-state index contributed by atoms with van der Waals surface area (Å²) in [5.41, 5.74) is 2.38. The Morgan fingerprint density at radius 1 is 1.16 bits per heavy atom. The average Bonchev–Trinajstić information content (AvgIpc) is 2.82. The Balaban J connectivity index is 1.92. The molecule has 0 amide bonds. The van der Waals surface area contributed by atoms with Gasteiger partial charge in [-0.25, -0.2) is 0 Å². The number of aromatic nitrogens is 2. The number of hydrogen-bond donors (Lipinski definition) is 0. The third-order valence-corrected chi connectivity index (χ3v) is 3.77. The van der Waals surface area contributed by atoms with Crippen molar-refractivity contribution >= 4 is 33.5 Å². The zero-order chi connectivity index (χ0) is 13.2. The molecule has 0 atom stereocenters. The molecule has 3 rings (SSSR count). The van der Waals surface area contributed by atoms with Crippen LogP contribution in [0.2, 0.25) is 0 Å². The van der Waals surface area contributed by atoms with Crippen LogP contribution in [-0.2, 0) is 6.54 Å². The lowest BCUT2D eigenvalue weighted by Crippen LogP contribution is -2.01. The quantitative estimate of drug-likeness (QED) is 0.663. The van der Waals surface area contributed by atoms with Crippen LogP contribution in [0.3, 0.4) is 0 Å². The van der Waals surface area contributed by atoms with E-state index >= 15 is 0 Å². The zero-order valence-electron chi connectivity index (χ0n) is 10.5. The molecule has 0 saturated carbocycles. The summed E-state index contributed by atoms with van der Waals surface area (Å²) in [6.45, 7) is 0.772. The van der Waals surface area contributed by atoms with Gasteiger partial charge in [0.25, 0.3) is 0 Å². The second kappa shape index (κ2) is 5.21. The third kappa shape index (κ3) is 2.58. The first-order valence-electron chi connectivity index (χ1n) is 6.00. The first-order chi connectivity index (χ1) is 9.26. The number of hydrogen-bond acceptors (Lipinski definition) is 2. The van der Waals surface area contributed by atoms with Gasteiger partial charge in [0.2, 0.25) is 0 Å². The molecule has 1 heterocycles. The Morgan fingerprint density at radius 3 is 2.68 bits per heavy atom. The minimum atomic E-state index is 0.772. The van der Waals surface area contributed by atoms with Crippen molar-refractivity contribution in [2.45, 2.75) is 6.54 Å². The number of methoxy groups -OCH3 is 1. The number of benzene rings is 2. The van der Waals surface area contributed by atoms with E-state index in [1.807, 2.05) is 23.0 Å². The lowest BCUT2D eigenvalue weighted by molar-refractivity contribution is 0.414. The minimum Gasteiger partial charge on any atom is -0.497 e. The van der Waals surface area contributed by atoms with Crippen LogP contribution in [0.15, 0.2) is 48.7 Å². The zero-order valence-corrected chi connectivity index (χ0v) is 12.7. The minimum absolute atomic E-state index is 0.772. The van der Waals surface area contributed by atoms with Gasteiger partial charge in [-0.05, 0) is 58.5 Å². The molecule has 0 aliphatic rings. The number of rotatable bonds is 3. The van der Waals surface area contributed by atoms with Crippen molar-refractivity contribution in [1.29, 1.82) is 0 Å². The van der Waals surface area contributed by atoms with Crippen molar-refractivity contribution in [3.05, 3.63) is 57.8 Å². The molecule has 4 heteroatoms. The van der Waals surface area contributed by atoms with Crippen LogP contribution in [0, 0.1) is 3.57 Å². The van der Waals surface area contributed by atoms with Crippen LogP contribution in [0.25, 0.3) is 10.9 Å². The van der Waals surface area contributed by atoms with Gasteiger partial charge in [-0.3, -0.25) is 4.68 Å². The monoisotopic (exact) mass is 364 g/mol. The summed E-state index contributed by atoms with van der Waals surface area (Å²) in [5, 5.41) is 5.64. The predicted octanol–water partition coefficient (Wildman–Crippen LogP) is 3.70. The van der Waals surface area contributed by atoms with Gasteiger partial charge in [-0.1, -0.05) is 12.1 Å². The molecule has 0 spiro atoms. The normalized spacial score (nSPS) is 10.8. The summed E-state index contributed by atoms with van der Waals surface area (Å²) >= 11 is 2.32. The molecule has 0 aliphatic heterocycles. The number of halogens is 1. The predicted molar refractivity (Wildman–Crippen MR) is 84.5 cm³/mol. The highest BCUT2D eigenvalue weighted by atomic mass is 127. The van der Waals surface area contributed by atoms with Gasteiger partial charge in [0.1, 0.15) is 5.75 Å².